The fraction of sp³-hybridized carbons (Fsp3) is 0.0909. The first kappa shape index (κ1) is 17.9. The zero-order valence-corrected chi connectivity index (χ0v) is 14.7. The Morgan fingerprint density at radius 1 is 0.929 bits per heavy atom. The van der Waals surface area contributed by atoms with Crippen LogP contribution in [0.5, 0.6) is 0 Å². The smallest absolute Gasteiger partial charge is 0.259 e. The van der Waals surface area contributed by atoms with E-state index in [2.05, 4.69) is 5.32 Å². The first-order valence-electron chi connectivity index (χ1n) is 8.77. The van der Waals surface area contributed by atoms with Crippen LogP contribution in [0.15, 0.2) is 72.8 Å². The second-order valence-electron chi connectivity index (χ2n) is 6.50. The van der Waals surface area contributed by atoms with Crippen LogP contribution in [0.1, 0.15) is 15.9 Å². The molecule has 4 nitrogen and oxygen atoms in total. The van der Waals surface area contributed by atoms with Crippen LogP contribution in [0.25, 0.3) is 0 Å². The molecule has 1 aliphatic heterocycles. The Labute approximate surface area is 160 Å². The third-order valence-corrected chi connectivity index (χ3v) is 4.71. The van der Waals surface area contributed by atoms with Gasteiger partial charge in [0.05, 0.1) is 5.69 Å². The molecule has 0 fully saturated rings. The first-order chi connectivity index (χ1) is 13.5. The average molecular weight is 378 g/mol. The number of hydrogen-bond donors (Lipinski definition) is 1. The van der Waals surface area contributed by atoms with E-state index in [0.29, 0.717) is 23.7 Å². The van der Waals surface area contributed by atoms with Crippen LogP contribution in [0.2, 0.25) is 0 Å². The molecule has 1 unspecified atom stereocenters. The maximum absolute atomic E-state index is 13.9. The third kappa shape index (κ3) is 3.24. The van der Waals surface area contributed by atoms with Gasteiger partial charge in [0.1, 0.15) is 17.7 Å². The number of halogens is 2. The summed E-state index contributed by atoms with van der Waals surface area (Å²) in [7, 11) is 0. The molecule has 0 aromatic heterocycles. The lowest BCUT2D eigenvalue weighted by atomic mass is 10.1. The van der Waals surface area contributed by atoms with E-state index < -0.39 is 23.6 Å². The lowest BCUT2D eigenvalue weighted by Crippen LogP contribution is -2.45. The van der Waals surface area contributed by atoms with E-state index in [-0.39, 0.29) is 11.6 Å². The number of nitrogens with one attached hydrogen (secondary N) is 1. The molecular formula is C22H16F2N2O2. The molecule has 1 heterocycles. The van der Waals surface area contributed by atoms with E-state index >= 15 is 0 Å². The van der Waals surface area contributed by atoms with Crippen LogP contribution >= 0.6 is 0 Å². The number of hydrogen-bond acceptors (Lipinski definition) is 2. The molecule has 0 bridgehead atoms. The van der Waals surface area contributed by atoms with Gasteiger partial charge < -0.3 is 5.32 Å². The Morgan fingerprint density at radius 3 is 2.39 bits per heavy atom. The highest BCUT2D eigenvalue weighted by atomic mass is 19.1. The van der Waals surface area contributed by atoms with Gasteiger partial charge in [-0.15, -0.1) is 0 Å². The minimum atomic E-state index is -0.871. The molecular weight excluding hydrogens is 362 g/mol. The van der Waals surface area contributed by atoms with Crippen molar-refractivity contribution in [3.63, 3.8) is 0 Å². The van der Waals surface area contributed by atoms with Gasteiger partial charge in [-0.1, -0.05) is 36.4 Å². The molecule has 0 saturated heterocycles. The number of carbonyl (C=O) groups is 2. The number of fused-ring (bicyclic) bond motifs is 1. The molecule has 4 rings (SSSR count). The molecule has 1 atom stereocenters. The van der Waals surface area contributed by atoms with Gasteiger partial charge in [0.2, 0.25) is 5.91 Å². The minimum Gasteiger partial charge on any atom is -0.322 e. The molecule has 0 radical (unpaired) electrons. The van der Waals surface area contributed by atoms with Gasteiger partial charge in [0.25, 0.3) is 5.91 Å². The number of para-hydroxylation sites is 1. The van der Waals surface area contributed by atoms with Crippen LogP contribution in [0, 0.1) is 11.6 Å². The van der Waals surface area contributed by atoms with Crippen LogP contribution in [-0.2, 0) is 11.2 Å². The van der Waals surface area contributed by atoms with Crippen LogP contribution < -0.4 is 10.2 Å². The molecule has 140 valence electrons. The van der Waals surface area contributed by atoms with Gasteiger partial charge in [-0.3, -0.25) is 14.5 Å². The topological polar surface area (TPSA) is 49.4 Å². The summed E-state index contributed by atoms with van der Waals surface area (Å²) in [5, 5.41) is 2.48. The molecule has 2 amide bonds. The quantitative estimate of drug-likeness (QED) is 0.744. The predicted octanol–water partition coefficient (Wildman–Crippen LogP) is 4.18. The van der Waals surface area contributed by atoms with Crippen molar-refractivity contribution in [3.8, 4) is 0 Å². The van der Waals surface area contributed by atoms with E-state index in [4.69, 9.17) is 0 Å². The number of amides is 2. The van der Waals surface area contributed by atoms with Crippen molar-refractivity contribution in [2.24, 2.45) is 0 Å². The SMILES string of the molecule is O=C(Nc1ccc(F)cc1F)C1Cc2ccccc2N1C(=O)c1ccccc1. The second-order valence-corrected chi connectivity index (χ2v) is 6.50. The Bertz CT molecular complexity index is 1050. The van der Waals surface area contributed by atoms with Crippen molar-refractivity contribution in [1.82, 2.24) is 0 Å². The third-order valence-electron chi connectivity index (χ3n) is 4.71. The van der Waals surface area contributed by atoms with E-state index in [9.17, 15) is 18.4 Å². The Morgan fingerprint density at radius 2 is 1.64 bits per heavy atom. The number of carbonyl (C=O) groups excluding carboxylic acids is 2. The maximum atomic E-state index is 13.9. The average Bonchev–Trinajstić information content (AvgIpc) is 3.10. The van der Waals surface area contributed by atoms with Crippen molar-refractivity contribution in [2.75, 3.05) is 10.2 Å². The van der Waals surface area contributed by atoms with Gasteiger partial charge in [0, 0.05) is 23.7 Å². The summed E-state index contributed by atoms with van der Waals surface area (Å²) in [6.07, 6.45) is 0.309. The minimum absolute atomic E-state index is 0.130. The summed E-state index contributed by atoms with van der Waals surface area (Å²) >= 11 is 0. The Kier molecular flexibility index (Phi) is 4.61. The summed E-state index contributed by atoms with van der Waals surface area (Å²) in [5.74, 6) is -2.45. The molecule has 0 aliphatic carbocycles. The van der Waals surface area contributed by atoms with Crippen molar-refractivity contribution in [2.45, 2.75) is 12.5 Å². The summed E-state index contributed by atoms with van der Waals surface area (Å²) in [4.78, 5) is 27.4. The molecule has 3 aromatic rings. The highest BCUT2D eigenvalue weighted by molar-refractivity contribution is 6.13. The summed E-state index contributed by atoms with van der Waals surface area (Å²) < 4.78 is 27.1. The van der Waals surface area contributed by atoms with Crippen LogP contribution in [-0.4, -0.2) is 17.9 Å². The van der Waals surface area contributed by atoms with Gasteiger partial charge in [0.15, 0.2) is 0 Å². The Hall–Kier alpha value is -3.54. The molecule has 0 saturated carbocycles. The standard InChI is InChI=1S/C22H16F2N2O2/c23-16-10-11-18(17(24)13-16)25-21(27)20-12-15-8-4-5-9-19(15)26(20)22(28)14-6-2-1-3-7-14/h1-11,13,20H,12H2,(H,25,27). The largest absolute Gasteiger partial charge is 0.322 e. The monoisotopic (exact) mass is 378 g/mol. The van der Waals surface area contributed by atoms with Crippen molar-refractivity contribution < 1.29 is 18.4 Å². The van der Waals surface area contributed by atoms with Gasteiger partial charge in [-0.25, -0.2) is 8.78 Å². The number of nitrogens with zero attached hydrogens (tertiary/aromatic N) is 1. The zero-order valence-electron chi connectivity index (χ0n) is 14.7. The second kappa shape index (κ2) is 7.23. The van der Waals surface area contributed by atoms with Gasteiger partial charge >= 0.3 is 0 Å². The first-order valence-corrected chi connectivity index (χ1v) is 8.77. The van der Waals surface area contributed by atoms with E-state index in [1.54, 1.807) is 42.5 Å². The molecule has 6 heteroatoms. The fourth-order valence-corrected chi connectivity index (χ4v) is 3.37. The Balaban J connectivity index is 1.67. The summed E-state index contributed by atoms with van der Waals surface area (Å²) in [6, 6.07) is 18.0. The van der Waals surface area contributed by atoms with Crippen LogP contribution in [0.3, 0.4) is 0 Å². The lowest BCUT2D eigenvalue weighted by Gasteiger charge is -2.25. The zero-order chi connectivity index (χ0) is 19.7. The van der Waals surface area contributed by atoms with E-state index in [0.717, 1.165) is 17.7 Å². The maximum Gasteiger partial charge on any atom is 0.259 e. The van der Waals surface area contributed by atoms with Crippen molar-refractivity contribution in [1.29, 1.82) is 0 Å². The number of rotatable bonds is 3. The molecule has 28 heavy (non-hydrogen) atoms. The number of benzene rings is 3. The number of anilines is 2. The lowest BCUT2D eigenvalue weighted by molar-refractivity contribution is -0.117. The van der Waals surface area contributed by atoms with Crippen molar-refractivity contribution in [3.05, 3.63) is 95.6 Å². The fourth-order valence-electron chi connectivity index (χ4n) is 3.37. The molecule has 1 aliphatic rings. The van der Waals surface area contributed by atoms with E-state index in [1.165, 1.54) is 4.90 Å². The van der Waals surface area contributed by atoms with Crippen LogP contribution in [0.4, 0.5) is 20.2 Å². The van der Waals surface area contributed by atoms with E-state index in [1.807, 2.05) is 12.1 Å². The van der Waals surface area contributed by atoms with Gasteiger partial charge in [-0.05, 0) is 35.9 Å². The molecule has 1 N–H and O–H groups in total. The summed E-state index contributed by atoms with van der Waals surface area (Å²) in [6.45, 7) is 0. The molecule has 0 spiro atoms. The predicted molar refractivity (Wildman–Crippen MR) is 102 cm³/mol. The van der Waals surface area contributed by atoms with Crippen molar-refractivity contribution >= 4 is 23.2 Å². The highest BCUT2D eigenvalue weighted by Gasteiger charge is 2.38. The van der Waals surface area contributed by atoms with Gasteiger partial charge in [-0.2, -0.15) is 0 Å². The summed E-state index contributed by atoms with van der Waals surface area (Å²) in [5.41, 5.74) is 1.82. The molecule has 3 aromatic carbocycles. The normalized spacial score (nSPS) is 15.2. The highest BCUT2D eigenvalue weighted by Crippen LogP contribution is 2.34.